The van der Waals surface area contributed by atoms with Crippen LogP contribution in [-0.2, 0) is 4.79 Å². The Balaban J connectivity index is 1.57. The zero-order valence-electron chi connectivity index (χ0n) is 16.9. The zero-order valence-corrected chi connectivity index (χ0v) is 16.9. The summed E-state index contributed by atoms with van der Waals surface area (Å²) >= 11 is 0. The molecule has 5 heteroatoms. The number of rotatable bonds is 4. The van der Waals surface area contributed by atoms with Gasteiger partial charge in [0, 0.05) is 37.5 Å². The van der Waals surface area contributed by atoms with E-state index in [4.69, 9.17) is 0 Å². The van der Waals surface area contributed by atoms with Gasteiger partial charge in [-0.1, -0.05) is 43.3 Å². The van der Waals surface area contributed by atoms with Crippen molar-refractivity contribution in [3.8, 4) is 11.1 Å². The minimum Gasteiger partial charge on any atom is -0.395 e. The van der Waals surface area contributed by atoms with Crippen LogP contribution in [0.25, 0.3) is 11.1 Å². The van der Waals surface area contributed by atoms with E-state index in [1.807, 2.05) is 11.8 Å². The van der Waals surface area contributed by atoms with Crippen molar-refractivity contribution in [1.82, 2.24) is 9.80 Å². The molecule has 2 aromatic rings. The fourth-order valence-electron chi connectivity index (χ4n) is 4.93. The third-order valence-electron chi connectivity index (χ3n) is 6.50. The molecule has 4 rings (SSSR count). The van der Waals surface area contributed by atoms with Gasteiger partial charge in [-0.25, -0.2) is 4.39 Å². The van der Waals surface area contributed by atoms with Crippen LogP contribution in [0.15, 0.2) is 48.5 Å². The summed E-state index contributed by atoms with van der Waals surface area (Å²) in [4.78, 5) is 16.7. The third kappa shape index (κ3) is 3.94. The molecule has 1 N–H and O–H groups in total. The lowest BCUT2D eigenvalue weighted by atomic mass is 9.74. The van der Waals surface area contributed by atoms with Gasteiger partial charge in [-0.15, -0.1) is 0 Å². The Bertz CT molecular complexity index is 837. The van der Waals surface area contributed by atoms with Crippen LogP contribution in [0.3, 0.4) is 0 Å². The molecule has 0 spiro atoms. The average Bonchev–Trinajstić information content (AvgIpc) is 2.73. The van der Waals surface area contributed by atoms with Gasteiger partial charge in [-0.2, -0.15) is 0 Å². The first kappa shape index (κ1) is 20.0. The van der Waals surface area contributed by atoms with E-state index in [0.29, 0.717) is 6.42 Å². The second kappa shape index (κ2) is 8.64. The maximum absolute atomic E-state index is 13.2. The zero-order chi connectivity index (χ0) is 20.4. The maximum atomic E-state index is 13.2. The molecule has 0 aliphatic carbocycles. The monoisotopic (exact) mass is 396 g/mol. The molecule has 3 atom stereocenters. The summed E-state index contributed by atoms with van der Waals surface area (Å²) in [5.74, 6) is 0.193. The van der Waals surface area contributed by atoms with E-state index in [0.717, 1.165) is 43.6 Å². The van der Waals surface area contributed by atoms with Crippen LogP contribution in [0.1, 0.15) is 37.7 Å². The van der Waals surface area contributed by atoms with Gasteiger partial charge in [-0.3, -0.25) is 9.69 Å². The first-order chi connectivity index (χ1) is 14.1. The Morgan fingerprint density at radius 2 is 1.66 bits per heavy atom. The molecule has 2 aliphatic heterocycles. The van der Waals surface area contributed by atoms with E-state index in [9.17, 15) is 14.3 Å². The topological polar surface area (TPSA) is 43.8 Å². The van der Waals surface area contributed by atoms with Crippen LogP contribution < -0.4 is 0 Å². The third-order valence-corrected chi connectivity index (χ3v) is 6.50. The molecule has 4 nitrogen and oxygen atoms in total. The van der Waals surface area contributed by atoms with E-state index in [1.54, 1.807) is 12.1 Å². The number of benzene rings is 2. The van der Waals surface area contributed by atoms with Gasteiger partial charge in [0.1, 0.15) is 5.82 Å². The Hall–Kier alpha value is -2.24. The quantitative estimate of drug-likeness (QED) is 0.858. The molecule has 29 heavy (non-hydrogen) atoms. The van der Waals surface area contributed by atoms with Crippen molar-refractivity contribution >= 4 is 5.91 Å². The standard InChI is InChI=1S/C24H29FN2O2/c1-2-23(29)26-13-3-4-14-27-21(15-26)24(22(27)16-28)19-7-5-17(6-8-19)18-9-11-20(25)12-10-18/h5-12,21-22,24,28H,2-4,13-16H2,1H3/t21-,22+,24+/m1/s1. The van der Waals surface area contributed by atoms with E-state index in [1.165, 1.54) is 17.7 Å². The molecule has 0 aromatic heterocycles. The van der Waals surface area contributed by atoms with Crippen LogP contribution >= 0.6 is 0 Å². The molecule has 0 saturated carbocycles. The largest absolute Gasteiger partial charge is 0.395 e. The molecule has 0 bridgehead atoms. The van der Waals surface area contributed by atoms with E-state index in [2.05, 4.69) is 29.2 Å². The summed E-state index contributed by atoms with van der Waals surface area (Å²) in [6.45, 7) is 4.59. The second-order valence-electron chi connectivity index (χ2n) is 8.11. The first-order valence-electron chi connectivity index (χ1n) is 10.6. The minimum absolute atomic E-state index is 0.105. The summed E-state index contributed by atoms with van der Waals surface area (Å²) in [5.41, 5.74) is 3.23. The van der Waals surface area contributed by atoms with Gasteiger partial charge in [0.05, 0.1) is 6.61 Å². The molecule has 2 aromatic carbocycles. The number of carbonyl (C=O) groups is 1. The molecule has 0 radical (unpaired) electrons. The van der Waals surface area contributed by atoms with Crippen molar-refractivity contribution in [1.29, 1.82) is 0 Å². The van der Waals surface area contributed by atoms with Crippen molar-refractivity contribution in [2.75, 3.05) is 26.2 Å². The van der Waals surface area contributed by atoms with Gasteiger partial charge in [0.15, 0.2) is 0 Å². The smallest absolute Gasteiger partial charge is 0.222 e. The predicted molar refractivity (Wildman–Crippen MR) is 112 cm³/mol. The number of hydrogen-bond acceptors (Lipinski definition) is 3. The van der Waals surface area contributed by atoms with Crippen molar-refractivity contribution in [3.63, 3.8) is 0 Å². The normalized spacial score (nSPS) is 24.9. The van der Waals surface area contributed by atoms with Gasteiger partial charge in [0.2, 0.25) is 5.91 Å². The van der Waals surface area contributed by atoms with Gasteiger partial charge >= 0.3 is 0 Å². The fourth-order valence-corrected chi connectivity index (χ4v) is 4.93. The van der Waals surface area contributed by atoms with E-state index >= 15 is 0 Å². The van der Waals surface area contributed by atoms with E-state index < -0.39 is 0 Å². The SMILES string of the molecule is CCC(=O)N1CCCCN2[C@H](C1)[C@H](c1ccc(-c3ccc(F)cc3)cc1)[C@@H]2CO. The molecule has 2 fully saturated rings. The highest BCUT2D eigenvalue weighted by Crippen LogP contribution is 2.42. The average molecular weight is 397 g/mol. The summed E-state index contributed by atoms with van der Waals surface area (Å²) in [6.07, 6.45) is 2.61. The highest BCUT2D eigenvalue weighted by molar-refractivity contribution is 5.76. The lowest BCUT2D eigenvalue weighted by Crippen LogP contribution is -2.67. The van der Waals surface area contributed by atoms with Crippen LogP contribution in [0.4, 0.5) is 4.39 Å². The number of halogens is 1. The van der Waals surface area contributed by atoms with Crippen molar-refractivity contribution in [2.45, 2.75) is 44.2 Å². The number of nitrogens with zero attached hydrogens (tertiary/aromatic N) is 2. The van der Waals surface area contributed by atoms with Crippen LogP contribution in [-0.4, -0.2) is 59.1 Å². The molecular weight excluding hydrogens is 367 g/mol. The number of amides is 1. The fraction of sp³-hybridized carbons (Fsp3) is 0.458. The van der Waals surface area contributed by atoms with Crippen LogP contribution in [0.2, 0.25) is 0 Å². The number of hydrogen-bond donors (Lipinski definition) is 1. The molecule has 2 aliphatic rings. The number of aliphatic hydroxyl groups is 1. The lowest BCUT2D eigenvalue weighted by Gasteiger charge is -2.57. The second-order valence-corrected chi connectivity index (χ2v) is 8.11. The maximum Gasteiger partial charge on any atom is 0.222 e. The van der Waals surface area contributed by atoms with Gasteiger partial charge < -0.3 is 10.0 Å². The highest BCUT2D eigenvalue weighted by atomic mass is 19.1. The number of fused-ring (bicyclic) bond motifs is 1. The predicted octanol–water partition coefficient (Wildman–Crippen LogP) is 3.65. The Kier molecular flexibility index (Phi) is 5.97. The molecule has 2 saturated heterocycles. The summed E-state index contributed by atoms with van der Waals surface area (Å²) in [6, 6.07) is 15.3. The van der Waals surface area contributed by atoms with Gasteiger partial charge in [0.25, 0.3) is 0 Å². The first-order valence-corrected chi connectivity index (χ1v) is 10.6. The van der Waals surface area contributed by atoms with E-state index in [-0.39, 0.29) is 36.3 Å². The van der Waals surface area contributed by atoms with Crippen LogP contribution in [0.5, 0.6) is 0 Å². The highest BCUT2D eigenvalue weighted by Gasteiger charge is 2.49. The van der Waals surface area contributed by atoms with Crippen LogP contribution in [0, 0.1) is 5.82 Å². The molecule has 0 unspecified atom stereocenters. The van der Waals surface area contributed by atoms with Crippen molar-refractivity contribution in [2.24, 2.45) is 0 Å². The summed E-state index contributed by atoms with van der Waals surface area (Å²) in [5, 5.41) is 10.0. The Labute approximate surface area is 171 Å². The minimum atomic E-state index is -0.235. The number of carbonyl (C=O) groups excluding carboxylic acids is 1. The summed E-state index contributed by atoms with van der Waals surface area (Å²) in [7, 11) is 0. The molecule has 2 heterocycles. The number of aliphatic hydroxyl groups excluding tert-OH is 1. The molecule has 1 amide bonds. The summed E-state index contributed by atoms with van der Waals surface area (Å²) < 4.78 is 13.2. The Morgan fingerprint density at radius 3 is 2.28 bits per heavy atom. The van der Waals surface area contributed by atoms with Gasteiger partial charge in [-0.05, 0) is 48.2 Å². The lowest BCUT2D eigenvalue weighted by molar-refractivity contribution is -0.136. The molecule has 154 valence electrons. The van der Waals surface area contributed by atoms with Crippen molar-refractivity contribution < 1.29 is 14.3 Å². The van der Waals surface area contributed by atoms with Crippen molar-refractivity contribution in [3.05, 3.63) is 59.9 Å². The Morgan fingerprint density at radius 1 is 1.03 bits per heavy atom. The molecular formula is C24H29FN2O2.